The van der Waals surface area contributed by atoms with E-state index in [0.29, 0.717) is 13.2 Å². The maximum absolute atomic E-state index is 10.6. The van der Waals surface area contributed by atoms with Crippen LogP contribution in [0.4, 0.5) is 18.3 Å². The summed E-state index contributed by atoms with van der Waals surface area (Å²) in [7, 11) is 0. The normalized spacial score (nSPS) is 23.1. The van der Waals surface area contributed by atoms with E-state index >= 15 is 0 Å². The van der Waals surface area contributed by atoms with Gasteiger partial charge in [0, 0.05) is 25.2 Å². The number of aromatic nitrogens is 3. The molecule has 0 saturated carbocycles. The first-order chi connectivity index (χ1) is 14.6. The summed E-state index contributed by atoms with van der Waals surface area (Å²) in [6, 6.07) is 6.03. The van der Waals surface area contributed by atoms with Crippen LogP contribution in [0.1, 0.15) is 29.2 Å². The Balaban J connectivity index is 0.000000339. The molecule has 1 spiro atoms. The largest absolute Gasteiger partial charge is 0.490 e. The van der Waals surface area contributed by atoms with Crippen molar-refractivity contribution in [3.8, 4) is 0 Å². The average molecular weight is 460 g/mol. The lowest BCUT2D eigenvalue weighted by molar-refractivity contribution is -0.192. The third-order valence-electron chi connectivity index (χ3n) is 4.93. The molecule has 4 rings (SSSR count). The Bertz CT molecular complexity index is 910. The Kier molecular flexibility index (Phi) is 7.12. The third kappa shape index (κ3) is 6.34. The Morgan fingerprint density at radius 1 is 1.39 bits per heavy atom. The second-order valence-corrected chi connectivity index (χ2v) is 8.64. The molecule has 0 unspecified atom stereocenters. The third-order valence-corrected chi connectivity index (χ3v) is 5.83. The molecule has 1 N–H and O–H groups in total. The van der Waals surface area contributed by atoms with Gasteiger partial charge in [0.15, 0.2) is 0 Å². The Morgan fingerprint density at radius 3 is 2.74 bits per heavy atom. The van der Waals surface area contributed by atoms with Crippen molar-refractivity contribution in [3.63, 3.8) is 0 Å². The molecular formula is C19H23F3N4O4S. The molecule has 170 valence electrons. The van der Waals surface area contributed by atoms with Crippen LogP contribution < -0.4 is 4.90 Å². The van der Waals surface area contributed by atoms with Crippen LogP contribution in [-0.4, -0.2) is 63.8 Å². The van der Waals surface area contributed by atoms with Gasteiger partial charge in [-0.3, -0.25) is 4.98 Å². The zero-order valence-corrected chi connectivity index (χ0v) is 17.9. The molecule has 4 heterocycles. The number of carbonyl (C=O) groups is 1. The molecule has 0 bridgehead atoms. The fourth-order valence-corrected chi connectivity index (χ4v) is 4.21. The predicted octanol–water partition coefficient (Wildman–Crippen LogP) is 3.14. The highest BCUT2D eigenvalue weighted by atomic mass is 32.1. The number of carboxylic acids is 1. The molecule has 2 aliphatic rings. The van der Waals surface area contributed by atoms with Crippen molar-refractivity contribution in [2.45, 2.75) is 51.2 Å². The van der Waals surface area contributed by atoms with Gasteiger partial charge in [0.2, 0.25) is 5.13 Å². The minimum Gasteiger partial charge on any atom is -0.475 e. The lowest BCUT2D eigenvalue weighted by atomic mass is 9.98. The number of aryl methyl sites for hydroxylation is 2. The number of rotatable bonds is 4. The highest BCUT2D eigenvalue weighted by Crippen LogP contribution is 2.38. The van der Waals surface area contributed by atoms with Crippen LogP contribution in [0.5, 0.6) is 0 Å². The van der Waals surface area contributed by atoms with Gasteiger partial charge in [-0.1, -0.05) is 17.4 Å². The Morgan fingerprint density at radius 2 is 2.13 bits per heavy atom. The quantitative estimate of drug-likeness (QED) is 0.743. The number of hydrogen-bond donors (Lipinski definition) is 1. The minimum absolute atomic E-state index is 0.0930. The van der Waals surface area contributed by atoms with Gasteiger partial charge < -0.3 is 19.5 Å². The van der Waals surface area contributed by atoms with E-state index in [1.54, 1.807) is 11.3 Å². The van der Waals surface area contributed by atoms with E-state index in [2.05, 4.69) is 20.1 Å². The predicted molar refractivity (Wildman–Crippen MR) is 106 cm³/mol. The fourth-order valence-electron chi connectivity index (χ4n) is 3.50. The van der Waals surface area contributed by atoms with E-state index in [1.165, 1.54) is 0 Å². The van der Waals surface area contributed by atoms with Crippen molar-refractivity contribution >= 4 is 22.4 Å². The van der Waals surface area contributed by atoms with Crippen molar-refractivity contribution in [1.82, 2.24) is 15.2 Å². The monoisotopic (exact) mass is 460 g/mol. The van der Waals surface area contributed by atoms with Crippen LogP contribution in [0, 0.1) is 13.8 Å². The minimum atomic E-state index is -5.08. The number of carboxylic acid groups (broad SMARTS) is 1. The maximum Gasteiger partial charge on any atom is 0.490 e. The van der Waals surface area contributed by atoms with Crippen molar-refractivity contribution in [2.24, 2.45) is 0 Å². The maximum atomic E-state index is 10.6. The molecule has 31 heavy (non-hydrogen) atoms. The van der Waals surface area contributed by atoms with E-state index in [-0.39, 0.29) is 11.7 Å². The molecule has 0 radical (unpaired) electrons. The molecule has 2 fully saturated rings. The van der Waals surface area contributed by atoms with Gasteiger partial charge in [0.05, 0.1) is 30.6 Å². The molecule has 2 aromatic rings. The lowest BCUT2D eigenvalue weighted by Gasteiger charge is -2.22. The molecule has 0 aromatic carbocycles. The topological polar surface area (TPSA) is 97.7 Å². The van der Waals surface area contributed by atoms with E-state index in [9.17, 15) is 13.2 Å². The smallest absolute Gasteiger partial charge is 0.475 e. The SMILES string of the molecule is Cc1cccc(CO[C@H]2CO[C@@]3(CCN(c4nnc(C)s4)C3)C2)n1.O=C(O)C(F)(F)F. The van der Waals surface area contributed by atoms with Gasteiger partial charge in [-0.05, 0) is 32.4 Å². The molecule has 8 nitrogen and oxygen atoms in total. The summed E-state index contributed by atoms with van der Waals surface area (Å²) >= 11 is 1.65. The van der Waals surface area contributed by atoms with Crippen molar-refractivity contribution in [2.75, 3.05) is 24.6 Å². The van der Waals surface area contributed by atoms with E-state index in [4.69, 9.17) is 19.4 Å². The van der Waals surface area contributed by atoms with Crippen LogP contribution in [-0.2, 0) is 20.9 Å². The molecule has 0 aliphatic carbocycles. The van der Waals surface area contributed by atoms with E-state index in [0.717, 1.165) is 47.5 Å². The van der Waals surface area contributed by atoms with Crippen LogP contribution in [0.3, 0.4) is 0 Å². The number of alkyl halides is 3. The molecular weight excluding hydrogens is 437 g/mol. The summed E-state index contributed by atoms with van der Waals surface area (Å²) in [4.78, 5) is 15.7. The molecule has 2 aliphatic heterocycles. The van der Waals surface area contributed by atoms with Gasteiger partial charge in [0.25, 0.3) is 0 Å². The lowest BCUT2D eigenvalue weighted by Crippen LogP contribution is -2.33. The Hall–Kier alpha value is -2.31. The highest BCUT2D eigenvalue weighted by molar-refractivity contribution is 7.15. The number of ether oxygens (including phenoxy) is 2. The first kappa shape index (κ1) is 23.4. The number of nitrogens with zero attached hydrogens (tertiary/aromatic N) is 4. The molecule has 2 aromatic heterocycles. The second-order valence-electron chi connectivity index (χ2n) is 7.48. The molecule has 2 atom stereocenters. The van der Waals surface area contributed by atoms with Crippen LogP contribution >= 0.6 is 11.3 Å². The van der Waals surface area contributed by atoms with E-state index < -0.39 is 12.1 Å². The van der Waals surface area contributed by atoms with E-state index in [1.807, 2.05) is 32.0 Å². The zero-order valence-electron chi connectivity index (χ0n) is 17.1. The van der Waals surface area contributed by atoms with Crippen molar-refractivity contribution in [3.05, 3.63) is 34.6 Å². The highest BCUT2D eigenvalue weighted by Gasteiger charge is 2.46. The number of aliphatic carboxylic acids is 1. The van der Waals surface area contributed by atoms with Gasteiger partial charge in [-0.25, -0.2) is 4.79 Å². The van der Waals surface area contributed by atoms with Crippen molar-refractivity contribution < 1.29 is 32.5 Å². The van der Waals surface area contributed by atoms with Crippen molar-refractivity contribution in [1.29, 1.82) is 0 Å². The summed E-state index contributed by atoms with van der Waals surface area (Å²) in [5.74, 6) is -2.76. The van der Waals surface area contributed by atoms with Crippen LogP contribution in [0.25, 0.3) is 0 Å². The first-order valence-corrected chi connectivity index (χ1v) is 10.4. The Labute approximate surface area is 181 Å². The van der Waals surface area contributed by atoms with Gasteiger partial charge >= 0.3 is 12.1 Å². The zero-order chi connectivity index (χ0) is 22.6. The van der Waals surface area contributed by atoms with Crippen LogP contribution in [0.15, 0.2) is 18.2 Å². The van der Waals surface area contributed by atoms with Gasteiger partial charge in [0.1, 0.15) is 5.01 Å². The second kappa shape index (κ2) is 9.45. The summed E-state index contributed by atoms with van der Waals surface area (Å²) in [5, 5.41) is 17.5. The summed E-state index contributed by atoms with van der Waals surface area (Å²) in [6.07, 6.45) is -2.98. The fraction of sp³-hybridized carbons (Fsp3) is 0.579. The average Bonchev–Trinajstić information content (AvgIpc) is 3.41. The van der Waals surface area contributed by atoms with Crippen LogP contribution in [0.2, 0.25) is 0 Å². The first-order valence-electron chi connectivity index (χ1n) is 9.60. The standard InChI is InChI=1S/C17H22N4O2S.C2HF3O2/c1-12-4-3-5-14(18-12)9-22-15-8-17(23-10-15)6-7-21(11-17)16-20-19-13(2)24-16;3-2(4,5)1(6)7/h3-5,15H,6-11H2,1-2H3;(H,6,7)/t15-,17+;/m1./s1. The summed E-state index contributed by atoms with van der Waals surface area (Å²) in [5.41, 5.74) is 1.91. The molecule has 0 amide bonds. The number of halogens is 3. The van der Waals surface area contributed by atoms with Gasteiger partial charge in [-0.15, -0.1) is 10.2 Å². The number of anilines is 1. The summed E-state index contributed by atoms with van der Waals surface area (Å²) in [6.45, 7) is 7.05. The van der Waals surface area contributed by atoms with Gasteiger partial charge in [-0.2, -0.15) is 13.2 Å². The summed E-state index contributed by atoms with van der Waals surface area (Å²) < 4.78 is 43.9. The number of pyridine rings is 1. The number of hydrogen-bond acceptors (Lipinski definition) is 8. The molecule has 2 saturated heterocycles. The molecule has 12 heteroatoms.